The molecular formula is C16H16F3N. The molecule has 0 amide bonds. The molecule has 0 aliphatic carbocycles. The summed E-state index contributed by atoms with van der Waals surface area (Å²) in [5.41, 5.74) is 3.02. The second-order valence-corrected chi connectivity index (χ2v) is 4.96. The van der Waals surface area contributed by atoms with Crippen LogP contribution in [0.3, 0.4) is 0 Å². The van der Waals surface area contributed by atoms with E-state index in [0.717, 1.165) is 22.8 Å². The minimum Gasteiger partial charge on any atom is -0.376 e. The highest BCUT2D eigenvalue weighted by Gasteiger charge is 2.14. The molecule has 20 heavy (non-hydrogen) atoms. The number of aryl methyl sites for hydroxylation is 2. The molecule has 0 saturated carbocycles. The van der Waals surface area contributed by atoms with Gasteiger partial charge in [0, 0.05) is 18.2 Å². The fourth-order valence-corrected chi connectivity index (χ4v) is 2.01. The quantitative estimate of drug-likeness (QED) is 0.788. The third-order valence-corrected chi connectivity index (χ3v) is 3.40. The molecule has 2 aromatic rings. The first-order chi connectivity index (χ1) is 9.38. The fraction of sp³-hybridized carbons (Fsp3) is 0.250. The zero-order valence-electron chi connectivity index (χ0n) is 11.6. The van der Waals surface area contributed by atoms with Crippen LogP contribution in [0.5, 0.6) is 0 Å². The maximum atomic E-state index is 13.6. The van der Waals surface area contributed by atoms with Crippen LogP contribution in [0, 0.1) is 31.3 Å². The topological polar surface area (TPSA) is 12.0 Å². The first-order valence-corrected chi connectivity index (χ1v) is 6.36. The predicted octanol–water partition coefficient (Wildman–Crippen LogP) is 4.89. The SMILES string of the molecule is Cc1ccc(C(C)Nc2cc(F)cc(F)c2F)cc1C. The lowest BCUT2D eigenvalue weighted by molar-refractivity contribution is 0.496. The molecule has 106 valence electrons. The molecule has 1 N–H and O–H groups in total. The van der Waals surface area contributed by atoms with Gasteiger partial charge < -0.3 is 5.32 Å². The average Bonchev–Trinajstić information content (AvgIpc) is 2.38. The third-order valence-electron chi connectivity index (χ3n) is 3.40. The van der Waals surface area contributed by atoms with Crippen LogP contribution in [0.2, 0.25) is 0 Å². The van der Waals surface area contributed by atoms with Crippen molar-refractivity contribution in [1.82, 2.24) is 0 Å². The molecule has 4 heteroatoms. The highest BCUT2D eigenvalue weighted by molar-refractivity contribution is 5.48. The normalized spacial score (nSPS) is 12.3. The summed E-state index contributed by atoms with van der Waals surface area (Å²) in [5.74, 6) is -3.07. The van der Waals surface area contributed by atoms with E-state index in [1.54, 1.807) is 0 Å². The molecule has 0 fully saturated rings. The Bertz CT molecular complexity index is 638. The molecule has 0 radical (unpaired) electrons. The minimum atomic E-state index is -1.19. The molecule has 0 aliphatic heterocycles. The third kappa shape index (κ3) is 2.95. The number of halogens is 3. The summed E-state index contributed by atoms with van der Waals surface area (Å²) < 4.78 is 39.9. The smallest absolute Gasteiger partial charge is 0.182 e. The van der Waals surface area contributed by atoms with Gasteiger partial charge in [-0.25, -0.2) is 13.2 Å². The molecule has 1 unspecified atom stereocenters. The summed E-state index contributed by atoms with van der Waals surface area (Å²) in [6.07, 6.45) is 0. The van der Waals surface area contributed by atoms with Crippen molar-refractivity contribution in [3.05, 3.63) is 64.5 Å². The molecule has 2 rings (SSSR count). The number of rotatable bonds is 3. The fourth-order valence-electron chi connectivity index (χ4n) is 2.01. The van der Waals surface area contributed by atoms with E-state index in [9.17, 15) is 13.2 Å². The lowest BCUT2D eigenvalue weighted by atomic mass is 10.0. The summed E-state index contributed by atoms with van der Waals surface area (Å²) in [4.78, 5) is 0. The summed E-state index contributed by atoms with van der Waals surface area (Å²) in [5, 5.41) is 2.80. The van der Waals surface area contributed by atoms with E-state index >= 15 is 0 Å². The summed E-state index contributed by atoms with van der Waals surface area (Å²) >= 11 is 0. The van der Waals surface area contributed by atoms with Crippen LogP contribution >= 0.6 is 0 Å². The van der Waals surface area contributed by atoms with Crippen LogP contribution in [0.15, 0.2) is 30.3 Å². The van der Waals surface area contributed by atoms with E-state index in [1.165, 1.54) is 0 Å². The van der Waals surface area contributed by atoms with Crippen LogP contribution < -0.4 is 5.32 Å². The van der Waals surface area contributed by atoms with Crippen LogP contribution in [-0.2, 0) is 0 Å². The molecule has 0 aromatic heterocycles. The van der Waals surface area contributed by atoms with E-state index in [2.05, 4.69) is 5.32 Å². The standard InChI is InChI=1S/C16H16F3N/c1-9-4-5-12(6-10(9)2)11(3)20-15-8-13(17)7-14(18)16(15)19/h4-8,11,20H,1-3H3. The molecule has 1 nitrogen and oxygen atoms in total. The number of benzene rings is 2. The molecule has 2 aromatic carbocycles. The first kappa shape index (κ1) is 14.4. The summed E-state index contributed by atoms with van der Waals surface area (Å²) in [6, 6.07) is 7.07. The van der Waals surface area contributed by atoms with Crippen molar-refractivity contribution in [1.29, 1.82) is 0 Å². The van der Waals surface area contributed by atoms with E-state index in [-0.39, 0.29) is 11.7 Å². The van der Waals surface area contributed by atoms with E-state index < -0.39 is 17.5 Å². The van der Waals surface area contributed by atoms with Crippen molar-refractivity contribution in [2.24, 2.45) is 0 Å². The Morgan fingerprint density at radius 2 is 1.65 bits per heavy atom. The van der Waals surface area contributed by atoms with Crippen LogP contribution in [0.25, 0.3) is 0 Å². The Balaban J connectivity index is 2.27. The van der Waals surface area contributed by atoms with Crippen molar-refractivity contribution in [2.75, 3.05) is 5.32 Å². The molecule has 1 atom stereocenters. The lowest BCUT2D eigenvalue weighted by Gasteiger charge is -2.17. The van der Waals surface area contributed by atoms with Gasteiger partial charge in [0.15, 0.2) is 11.6 Å². The number of hydrogen-bond acceptors (Lipinski definition) is 1. The van der Waals surface area contributed by atoms with Gasteiger partial charge in [-0.15, -0.1) is 0 Å². The van der Waals surface area contributed by atoms with Crippen LogP contribution in [-0.4, -0.2) is 0 Å². The first-order valence-electron chi connectivity index (χ1n) is 6.36. The minimum absolute atomic E-state index is 0.173. The highest BCUT2D eigenvalue weighted by atomic mass is 19.2. The van der Waals surface area contributed by atoms with Gasteiger partial charge in [0.25, 0.3) is 0 Å². The predicted molar refractivity (Wildman–Crippen MR) is 74.3 cm³/mol. The molecule has 0 bridgehead atoms. The van der Waals surface area contributed by atoms with Crippen molar-refractivity contribution < 1.29 is 13.2 Å². The molecule has 0 aliphatic rings. The number of hydrogen-bond donors (Lipinski definition) is 1. The molecule has 0 saturated heterocycles. The van der Waals surface area contributed by atoms with Crippen LogP contribution in [0.4, 0.5) is 18.9 Å². The van der Waals surface area contributed by atoms with Crippen molar-refractivity contribution in [2.45, 2.75) is 26.8 Å². The van der Waals surface area contributed by atoms with Gasteiger partial charge in [0.05, 0.1) is 5.69 Å². The second kappa shape index (κ2) is 5.57. The van der Waals surface area contributed by atoms with Gasteiger partial charge in [-0.3, -0.25) is 0 Å². The largest absolute Gasteiger partial charge is 0.376 e. The van der Waals surface area contributed by atoms with Crippen molar-refractivity contribution in [3.63, 3.8) is 0 Å². The van der Waals surface area contributed by atoms with Gasteiger partial charge in [0.1, 0.15) is 5.82 Å². The van der Waals surface area contributed by atoms with E-state index in [1.807, 2.05) is 39.0 Å². The molecular weight excluding hydrogens is 263 g/mol. The zero-order chi connectivity index (χ0) is 14.9. The van der Waals surface area contributed by atoms with Crippen LogP contribution in [0.1, 0.15) is 29.7 Å². The Morgan fingerprint density at radius 3 is 2.30 bits per heavy atom. The van der Waals surface area contributed by atoms with Gasteiger partial charge in [0.2, 0.25) is 0 Å². The Kier molecular flexibility index (Phi) is 4.02. The van der Waals surface area contributed by atoms with Crippen molar-refractivity contribution >= 4 is 5.69 Å². The van der Waals surface area contributed by atoms with Crippen molar-refractivity contribution in [3.8, 4) is 0 Å². The van der Waals surface area contributed by atoms with Gasteiger partial charge in [-0.2, -0.15) is 0 Å². The average molecular weight is 279 g/mol. The maximum absolute atomic E-state index is 13.6. The number of anilines is 1. The highest BCUT2D eigenvalue weighted by Crippen LogP contribution is 2.25. The lowest BCUT2D eigenvalue weighted by Crippen LogP contribution is -2.09. The molecule has 0 heterocycles. The van der Waals surface area contributed by atoms with Gasteiger partial charge in [-0.05, 0) is 37.5 Å². The van der Waals surface area contributed by atoms with E-state index in [4.69, 9.17) is 0 Å². The Labute approximate surface area is 116 Å². The maximum Gasteiger partial charge on any atom is 0.182 e. The Hall–Kier alpha value is -1.97. The number of nitrogens with one attached hydrogen (secondary N) is 1. The second-order valence-electron chi connectivity index (χ2n) is 4.96. The molecule has 0 spiro atoms. The summed E-state index contributed by atoms with van der Waals surface area (Å²) in [7, 11) is 0. The monoisotopic (exact) mass is 279 g/mol. The van der Waals surface area contributed by atoms with Gasteiger partial charge >= 0.3 is 0 Å². The zero-order valence-corrected chi connectivity index (χ0v) is 11.6. The van der Waals surface area contributed by atoms with E-state index in [0.29, 0.717) is 6.07 Å². The Morgan fingerprint density at radius 1 is 0.950 bits per heavy atom. The summed E-state index contributed by atoms with van der Waals surface area (Å²) in [6.45, 7) is 5.79. The van der Waals surface area contributed by atoms with Gasteiger partial charge in [-0.1, -0.05) is 18.2 Å².